The van der Waals surface area contributed by atoms with Gasteiger partial charge >= 0.3 is 0 Å². The Bertz CT molecular complexity index is 759. The van der Waals surface area contributed by atoms with Crippen LogP contribution in [0.3, 0.4) is 0 Å². The largest absolute Gasteiger partial charge is 0.508 e. The third-order valence-corrected chi connectivity index (χ3v) is 7.04. The van der Waals surface area contributed by atoms with Crippen LogP contribution in [0.5, 0.6) is 5.75 Å². The van der Waals surface area contributed by atoms with E-state index in [1.165, 1.54) is 55.3 Å². The molecule has 146 valence electrons. The first-order valence-corrected chi connectivity index (χ1v) is 10.2. The highest BCUT2D eigenvalue weighted by Crippen LogP contribution is 2.50. The fourth-order valence-corrected chi connectivity index (χ4v) is 5.37. The van der Waals surface area contributed by atoms with Crippen molar-refractivity contribution in [3.05, 3.63) is 65.2 Å². The minimum atomic E-state index is 0. The number of benzene rings is 2. The van der Waals surface area contributed by atoms with E-state index >= 15 is 0 Å². The molecule has 27 heavy (non-hydrogen) atoms. The highest BCUT2D eigenvalue weighted by molar-refractivity contribution is 5.85. The Morgan fingerprint density at radius 2 is 1.85 bits per heavy atom. The Labute approximate surface area is 170 Å². The monoisotopic (exact) mass is 385 g/mol. The third kappa shape index (κ3) is 3.88. The van der Waals surface area contributed by atoms with Crippen molar-refractivity contribution < 1.29 is 5.11 Å². The van der Waals surface area contributed by atoms with Gasteiger partial charge < -0.3 is 5.11 Å². The van der Waals surface area contributed by atoms with Crippen molar-refractivity contribution in [2.45, 2.75) is 57.4 Å². The van der Waals surface area contributed by atoms with Gasteiger partial charge in [-0.2, -0.15) is 0 Å². The standard InChI is InChI=1S/C24H31NO.ClH/c1-18-9-11-20(12-10-18)19(2)25-15-14-24(13-4-3-6-22(24)17-25)21-7-5-8-23(26)16-21;/h5,7-12,16,19,22,26H,3-4,6,13-15,17H2,1-2H3;1H. The average molecular weight is 386 g/mol. The molecule has 0 amide bonds. The lowest BCUT2D eigenvalue weighted by molar-refractivity contribution is 0.0354. The molecule has 1 saturated heterocycles. The lowest BCUT2D eigenvalue weighted by Gasteiger charge is -2.52. The summed E-state index contributed by atoms with van der Waals surface area (Å²) in [6.07, 6.45) is 6.45. The molecule has 0 radical (unpaired) electrons. The third-order valence-electron chi connectivity index (χ3n) is 7.04. The van der Waals surface area contributed by atoms with Gasteiger partial charge in [-0.1, -0.05) is 54.8 Å². The number of halogens is 1. The number of phenolic OH excluding ortho intramolecular Hbond substituents is 1. The summed E-state index contributed by atoms with van der Waals surface area (Å²) < 4.78 is 0. The van der Waals surface area contributed by atoms with Crippen molar-refractivity contribution in [2.24, 2.45) is 5.92 Å². The number of fused-ring (bicyclic) bond motifs is 1. The molecule has 1 N–H and O–H groups in total. The Kier molecular flexibility index (Phi) is 6.18. The van der Waals surface area contributed by atoms with Gasteiger partial charge in [0.05, 0.1) is 0 Å². The van der Waals surface area contributed by atoms with E-state index in [4.69, 9.17) is 0 Å². The summed E-state index contributed by atoms with van der Waals surface area (Å²) in [4.78, 5) is 2.68. The van der Waals surface area contributed by atoms with Gasteiger partial charge in [-0.25, -0.2) is 0 Å². The van der Waals surface area contributed by atoms with Gasteiger partial charge in [0.1, 0.15) is 5.75 Å². The molecular weight excluding hydrogens is 354 g/mol. The molecule has 1 aliphatic heterocycles. The van der Waals surface area contributed by atoms with Crippen molar-refractivity contribution in [3.8, 4) is 5.75 Å². The summed E-state index contributed by atoms with van der Waals surface area (Å²) in [5.74, 6) is 1.11. The number of nitrogens with zero attached hydrogens (tertiary/aromatic N) is 1. The van der Waals surface area contributed by atoms with Crippen molar-refractivity contribution in [1.82, 2.24) is 4.90 Å². The van der Waals surface area contributed by atoms with Gasteiger partial charge in [-0.3, -0.25) is 4.90 Å². The smallest absolute Gasteiger partial charge is 0.115 e. The molecule has 1 aliphatic carbocycles. The topological polar surface area (TPSA) is 23.5 Å². The Balaban J connectivity index is 0.00000210. The zero-order chi connectivity index (χ0) is 18.1. The van der Waals surface area contributed by atoms with Gasteiger partial charge in [0.2, 0.25) is 0 Å². The van der Waals surface area contributed by atoms with Crippen molar-refractivity contribution in [1.29, 1.82) is 0 Å². The van der Waals surface area contributed by atoms with Crippen LogP contribution in [0, 0.1) is 12.8 Å². The van der Waals surface area contributed by atoms with E-state index in [1.54, 1.807) is 6.07 Å². The maximum absolute atomic E-state index is 10.0. The van der Waals surface area contributed by atoms with Crippen LogP contribution in [-0.2, 0) is 5.41 Å². The van der Waals surface area contributed by atoms with Crippen molar-refractivity contribution >= 4 is 12.4 Å². The molecule has 2 aromatic rings. The van der Waals surface area contributed by atoms with E-state index in [-0.39, 0.29) is 17.8 Å². The zero-order valence-electron chi connectivity index (χ0n) is 16.5. The summed E-state index contributed by atoms with van der Waals surface area (Å²) >= 11 is 0. The molecule has 3 heteroatoms. The number of aryl methyl sites for hydroxylation is 1. The SMILES string of the molecule is Cc1ccc(C(C)N2CCC3(c4cccc(O)c4)CCCCC3C2)cc1.Cl. The summed E-state index contributed by atoms with van der Waals surface area (Å²) in [6, 6.07) is 17.6. The number of piperidine rings is 1. The van der Waals surface area contributed by atoms with Gasteiger partial charge in [-0.05, 0) is 68.8 Å². The molecule has 2 nitrogen and oxygen atoms in total. The molecule has 3 atom stereocenters. The van der Waals surface area contributed by atoms with Crippen molar-refractivity contribution in [2.75, 3.05) is 13.1 Å². The first-order chi connectivity index (χ1) is 12.6. The fourth-order valence-electron chi connectivity index (χ4n) is 5.37. The maximum atomic E-state index is 10.0. The van der Waals surface area contributed by atoms with Crippen LogP contribution >= 0.6 is 12.4 Å². The van der Waals surface area contributed by atoms with E-state index in [9.17, 15) is 5.11 Å². The van der Waals surface area contributed by atoms with Crippen LogP contribution in [0.4, 0.5) is 0 Å². The predicted octanol–water partition coefficient (Wildman–Crippen LogP) is 6.02. The van der Waals surface area contributed by atoms with Gasteiger partial charge in [0.15, 0.2) is 0 Å². The van der Waals surface area contributed by atoms with E-state index in [0.717, 1.165) is 6.54 Å². The second-order valence-electron chi connectivity index (χ2n) is 8.48. The van der Waals surface area contributed by atoms with Gasteiger partial charge in [0.25, 0.3) is 0 Å². The summed E-state index contributed by atoms with van der Waals surface area (Å²) in [7, 11) is 0. The molecule has 1 saturated carbocycles. The van der Waals surface area contributed by atoms with Crippen LogP contribution in [0.15, 0.2) is 48.5 Å². The molecule has 2 aliphatic rings. The van der Waals surface area contributed by atoms with Crippen LogP contribution < -0.4 is 0 Å². The second-order valence-corrected chi connectivity index (χ2v) is 8.48. The highest BCUT2D eigenvalue weighted by atomic mass is 35.5. The number of hydrogen-bond donors (Lipinski definition) is 1. The minimum Gasteiger partial charge on any atom is -0.508 e. The first-order valence-electron chi connectivity index (χ1n) is 10.2. The molecule has 3 unspecified atom stereocenters. The average Bonchev–Trinajstić information content (AvgIpc) is 2.67. The molecular formula is C24H32ClNO. The van der Waals surface area contributed by atoms with Gasteiger partial charge in [-0.15, -0.1) is 12.4 Å². The van der Waals surface area contributed by atoms with Crippen LogP contribution in [0.1, 0.15) is 61.8 Å². The van der Waals surface area contributed by atoms with Crippen LogP contribution in [0.25, 0.3) is 0 Å². The quantitative estimate of drug-likeness (QED) is 0.698. The summed E-state index contributed by atoms with van der Waals surface area (Å²) in [5, 5.41) is 10.0. The first kappa shape index (κ1) is 20.2. The molecule has 0 bridgehead atoms. The van der Waals surface area contributed by atoms with E-state index < -0.39 is 0 Å². The van der Waals surface area contributed by atoms with E-state index in [0.29, 0.717) is 17.7 Å². The molecule has 0 aromatic heterocycles. The number of rotatable bonds is 3. The Hall–Kier alpha value is -1.51. The van der Waals surface area contributed by atoms with Crippen molar-refractivity contribution in [3.63, 3.8) is 0 Å². The Morgan fingerprint density at radius 3 is 2.59 bits per heavy atom. The van der Waals surface area contributed by atoms with Crippen LogP contribution in [0.2, 0.25) is 0 Å². The lowest BCUT2D eigenvalue weighted by Crippen LogP contribution is -2.51. The molecule has 0 spiro atoms. The number of aromatic hydroxyl groups is 1. The lowest BCUT2D eigenvalue weighted by atomic mass is 9.59. The van der Waals surface area contributed by atoms with Crippen LogP contribution in [-0.4, -0.2) is 23.1 Å². The Morgan fingerprint density at radius 1 is 1.07 bits per heavy atom. The number of phenols is 1. The number of likely N-dealkylation sites (tertiary alicyclic amines) is 1. The predicted molar refractivity (Wildman–Crippen MR) is 115 cm³/mol. The molecule has 2 aromatic carbocycles. The van der Waals surface area contributed by atoms with E-state index in [1.807, 2.05) is 12.1 Å². The maximum Gasteiger partial charge on any atom is 0.115 e. The zero-order valence-corrected chi connectivity index (χ0v) is 17.3. The minimum absolute atomic E-state index is 0. The highest BCUT2D eigenvalue weighted by Gasteiger charge is 2.46. The second kappa shape index (κ2) is 8.24. The molecule has 1 heterocycles. The fraction of sp³-hybridized carbons (Fsp3) is 0.500. The summed E-state index contributed by atoms with van der Waals surface area (Å²) in [5.41, 5.74) is 4.39. The molecule has 4 rings (SSSR count). The number of hydrogen-bond acceptors (Lipinski definition) is 2. The van der Waals surface area contributed by atoms with Gasteiger partial charge in [0, 0.05) is 18.0 Å². The summed E-state index contributed by atoms with van der Waals surface area (Å²) in [6.45, 7) is 6.82. The van der Waals surface area contributed by atoms with E-state index in [2.05, 4.69) is 49.1 Å². The molecule has 2 fully saturated rings. The normalized spacial score (nSPS) is 26.7.